The highest BCUT2D eigenvalue weighted by atomic mass is 35.5. The van der Waals surface area contributed by atoms with E-state index in [9.17, 15) is 19.5 Å². The van der Waals surface area contributed by atoms with Crippen molar-refractivity contribution < 1.29 is 24.2 Å². The summed E-state index contributed by atoms with van der Waals surface area (Å²) in [5.74, 6) is -2.24. The van der Waals surface area contributed by atoms with E-state index in [2.05, 4.69) is 13.2 Å². The maximum Gasteiger partial charge on any atom is 0.310 e. The first-order valence-corrected chi connectivity index (χ1v) is 15.1. The van der Waals surface area contributed by atoms with Gasteiger partial charge < -0.3 is 19.6 Å². The third-order valence-corrected chi connectivity index (χ3v) is 10.9. The Morgan fingerprint density at radius 2 is 2.08 bits per heavy atom. The number of aliphatic hydroxyl groups excluding tert-OH is 1. The Kier molecular flexibility index (Phi) is 9.50. The van der Waals surface area contributed by atoms with Crippen molar-refractivity contribution in [3.63, 3.8) is 0 Å². The largest absolute Gasteiger partial charge is 0.465 e. The maximum absolute atomic E-state index is 14.6. The van der Waals surface area contributed by atoms with Crippen LogP contribution in [0, 0.1) is 17.8 Å². The lowest BCUT2D eigenvalue weighted by Gasteiger charge is -2.41. The van der Waals surface area contributed by atoms with Gasteiger partial charge in [0.1, 0.15) is 6.04 Å². The third kappa shape index (κ3) is 5.16. The molecule has 1 aromatic carbocycles. The van der Waals surface area contributed by atoms with E-state index in [0.29, 0.717) is 23.6 Å². The summed E-state index contributed by atoms with van der Waals surface area (Å²) in [6, 6.07) is 5.70. The maximum atomic E-state index is 14.6. The van der Waals surface area contributed by atoms with Gasteiger partial charge in [0, 0.05) is 11.8 Å². The average Bonchev–Trinajstić information content (AvgIpc) is 3.58. The van der Waals surface area contributed by atoms with Crippen LogP contribution in [0.5, 0.6) is 0 Å². The molecule has 1 N–H and O–H groups in total. The Bertz CT molecular complexity index is 1110. The lowest BCUT2D eigenvalue weighted by Crippen LogP contribution is -2.58. The topological polar surface area (TPSA) is 87.1 Å². The molecule has 1 aromatic rings. The molecule has 0 aliphatic carbocycles. The summed E-state index contributed by atoms with van der Waals surface area (Å²) in [4.78, 5) is 45.6. The first-order chi connectivity index (χ1) is 18.8. The number of para-hydroxylation sites is 1. The minimum absolute atomic E-state index is 0.0517. The first-order valence-electron chi connectivity index (χ1n) is 13.8. The lowest BCUT2D eigenvalue weighted by atomic mass is 9.71. The molecule has 2 unspecified atom stereocenters. The first kappa shape index (κ1) is 29.7. The SMILES string of the molecule is C=CCCCOC(=O)[C@@H]1[C@H]2C(=O)N([C@@H](CO)[C@@H](C)CC)C(C(=O)N(CC=C)c3ccccc3Cl)C23CC[C@H]1S3. The van der Waals surface area contributed by atoms with Crippen LogP contribution >= 0.6 is 23.4 Å². The molecule has 3 aliphatic rings. The number of amides is 2. The number of likely N-dealkylation sites (tertiary alicyclic amines) is 1. The number of benzene rings is 1. The molecule has 9 heteroatoms. The zero-order chi connectivity index (χ0) is 28.3. The molecular weight excluding hydrogens is 536 g/mol. The van der Waals surface area contributed by atoms with E-state index in [4.69, 9.17) is 16.3 Å². The molecule has 2 amide bonds. The number of ether oxygens (including phenoxy) is 1. The molecule has 0 aromatic heterocycles. The molecule has 7 nitrogen and oxygen atoms in total. The monoisotopic (exact) mass is 574 g/mol. The number of rotatable bonds is 13. The van der Waals surface area contributed by atoms with E-state index in [-0.39, 0.29) is 48.7 Å². The summed E-state index contributed by atoms with van der Waals surface area (Å²) in [6.45, 7) is 11.7. The predicted molar refractivity (Wildman–Crippen MR) is 156 cm³/mol. The van der Waals surface area contributed by atoms with Crippen LogP contribution in [0.1, 0.15) is 46.0 Å². The van der Waals surface area contributed by atoms with E-state index in [1.165, 1.54) is 0 Å². The Labute approximate surface area is 240 Å². The molecule has 3 fully saturated rings. The number of nitrogens with zero attached hydrogens (tertiary/aromatic N) is 2. The minimum atomic E-state index is -0.856. The van der Waals surface area contributed by atoms with Crippen LogP contribution in [0.3, 0.4) is 0 Å². The zero-order valence-electron chi connectivity index (χ0n) is 22.8. The normalized spacial score (nSPS) is 28.6. The second kappa shape index (κ2) is 12.5. The Morgan fingerprint density at radius 1 is 1.33 bits per heavy atom. The van der Waals surface area contributed by atoms with E-state index >= 15 is 0 Å². The van der Waals surface area contributed by atoms with Crippen LogP contribution in [-0.4, -0.2) is 69.6 Å². The number of halogens is 1. The van der Waals surface area contributed by atoms with Crippen LogP contribution in [0.25, 0.3) is 0 Å². The molecular formula is C30H39ClN2O5S. The summed E-state index contributed by atoms with van der Waals surface area (Å²) in [7, 11) is 0. The number of allylic oxidation sites excluding steroid dienone is 1. The molecule has 0 radical (unpaired) electrons. The molecule has 2 bridgehead atoms. The van der Waals surface area contributed by atoms with Gasteiger partial charge in [0.15, 0.2) is 0 Å². The summed E-state index contributed by atoms with van der Waals surface area (Å²) >= 11 is 8.12. The Morgan fingerprint density at radius 3 is 2.72 bits per heavy atom. The van der Waals surface area contributed by atoms with Crippen LogP contribution in [-0.2, 0) is 19.1 Å². The second-order valence-corrected chi connectivity index (χ2v) is 12.7. The quantitative estimate of drug-likeness (QED) is 0.205. The van der Waals surface area contributed by atoms with Gasteiger partial charge in [-0.2, -0.15) is 0 Å². The standard InChI is InChI=1S/C30H39ClN2O5S/c1-5-8-11-17-38-29(37)24-23-14-15-30(39-23)25(24)27(35)33(22(18-34)19(4)7-3)26(30)28(36)32(16-6-2)21-13-10-9-12-20(21)31/h5-6,9-10,12-13,19,22-26,34H,1-2,7-8,11,14-18H2,3-4H3/t19-,22-,23+,24-,25-,26?,30?/m0/s1. The van der Waals surface area contributed by atoms with Gasteiger partial charge in [-0.05, 0) is 43.7 Å². The molecule has 3 aliphatic heterocycles. The molecule has 212 valence electrons. The van der Waals surface area contributed by atoms with Crippen molar-refractivity contribution in [2.75, 3.05) is 24.7 Å². The smallest absolute Gasteiger partial charge is 0.310 e. The van der Waals surface area contributed by atoms with Crippen molar-refractivity contribution in [2.24, 2.45) is 17.8 Å². The number of fused-ring (bicyclic) bond motifs is 1. The average molecular weight is 575 g/mol. The highest BCUT2D eigenvalue weighted by Crippen LogP contribution is 2.67. The van der Waals surface area contributed by atoms with Crippen molar-refractivity contribution in [1.82, 2.24) is 4.90 Å². The van der Waals surface area contributed by atoms with Crippen LogP contribution in [0.15, 0.2) is 49.6 Å². The molecule has 7 atom stereocenters. The van der Waals surface area contributed by atoms with Gasteiger partial charge >= 0.3 is 5.97 Å². The van der Waals surface area contributed by atoms with Crippen molar-refractivity contribution in [3.8, 4) is 0 Å². The highest BCUT2D eigenvalue weighted by Gasteiger charge is 2.75. The fourth-order valence-corrected chi connectivity index (χ4v) is 8.99. The van der Waals surface area contributed by atoms with Crippen molar-refractivity contribution in [1.29, 1.82) is 0 Å². The van der Waals surface area contributed by atoms with E-state index < -0.39 is 28.7 Å². The minimum Gasteiger partial charge on any atom is -0.465 e. The van der Waals surface area contributed by atoms with E-state index in [1.807, 2.05) is 19.9 Å². The molecule has 1 spiro atoms. The van der Waals surface area contributed by atoms with Crippen molar-refractivity contribution >= 4 is 46.8 Å². The van der Waals surface area contributed by atoms with Crippen molar-refractivity contribution in [3.05, 3.63) is 54.6 Å². The summed E-state index contributed by atoms with van der Waals surface area (Å²) < 4.78 is 4.86. The number of carbonyl (C=O) groups excluding carboxylic acids is 3. The highest BCUT2D eigenvalue weighted by molar-refractivity contribution is 8.02. The number of anilines is 1. The number of hydrogen-bond acceptors (Lipinski definition) is 6. The third-order valence-electron chi connectivity index (χ3n) is 8.61. The van der Waals surface area contributed by atoms with Crippen LogP contribution in [0.4, 0.5) is 5.69 Å². The van der Waals surface area contributed by atoms with Gasteiger partial charge in [-0.25, -0.2) is 0 Å². The van der Waals surface area contributed by atoms with Crippen LogP contribution in [0.2, 0.25) is 5.02 Å². The van der Waals surface area contributed by atoms with E-state index in [0.717, 1.165) is 19.3 Å². The van der Waals surface area contributed by atoms with Crippen LogP contribution < -0.4 is 4.90 Å². The molecule has 39 heavy (non-hydrogen) atoms. The summed E-state index contributed by atoms with van der Waals surface area (Å²) in [5, 5.41) is 10.8. The van der Waals surface area contributed by atoms with Gasteiger partial charge in [-0.1, -0.05) is 56.2 Å². The van der Waals surface area contributed by atoms with Gasteiger partial charge in [-0.3, -0.25) is 14.4 Å². The van der Waals surface area contributed by atoms with Gasteiger partial charge in [0.05, 0.1) is 46.5 Å². The fraction of sp³-hybridized carbons (Fsp3) is 0.567. The number of thioether (sulfide) groups is 1. The van der Waals surface area contributed by atoms with E-state index in [1.54, 1.807) is 51.9 Å². The summed E-state index contributed by atoms with van der Waals surface area (Å²) in [5.41, 5.74) is 0.538. The van der Waals surface area contributed by atoms with Gasteiger partial charge in [-0.15, -0.1) is 24.9 Å². The summed E-state index contributed by atoms with van der Waals surface area (Å²) in [6.07, 6.45) is 6.90. The lowest BCUT2D eigenvalue weighted by molar-refractivity contribution is -0.154. The van der Waals surface area contributed by atoms with Crippen molar-refractivity contribution in [2.45, 2.75) is 68.0 Å². The number of carbonyl (C=O) groups is 3. The molecule has 0 saturated carbocycles. The fourth-order valence-electron chi connectivity index (χ4n) is 6.56. The number of esters is 1. The number of aliphatic hydroxyl groups is 1. The van der Waals surface area contributed by atoms with Gasteiger partial charge in [0.2, 0.25) is 5.91 Å². The predicted octanol–water partition coefficient (Wildman–Crippen LogP) is 4.87. The number of hydrogen-bond donors (Lipinski definition) is 1. The second-order valence-electron chi connectivity index (χ2n) is 10.7. The van der Waals surface area contributed by atoms with Gasteiger partial charge in [0.25, 0.3) is 5.91 Å². The molecule has 3 heterocycles. The number of unbranched alkanes of at least 4 members (excludes halogenated alkanes) is 1. The molecule has 3 saturated heterocycles. The zero-order valence-corrected chi connectivity index (χ0v) is 24.3. The Hall–Kier alpha value is -2.29. The molecule has 4 rings (SSSR count). The Balaban J connectivity index is 1.78.